The lowest BCUT2D eigenvalue weighted by Gasteiger charge is -2.10. The first-order chi connectivity index (χ1) is 13.4. The highest BCUT2D eigenvalue weighted by Gasteiger charge is 2.15. The van der Waals surface area contributed by atoms with Crippen LogP contribution in [0, 0.1) is 6.92 Å². The molecule has 144 valence electrons. The van der Waals surface area contributed by atoms with Crippen molar-refractivity contribution in [3.05, 3.63) is 77.9 Å². The van der Waals surface area contributed by atoms with Crippen molar-refractivity contribution in [3.63, 3.8) is 0 Å². The number of aryl methyl sites for hydroxylation is 1. The van der Waals surface area contributed by atoms with E-state index in [0.717, 1.165) is 11.1 Å². The molecule has 0 amide bonds. The molecule has 0 unspecified atom stereocenters. The molecule has 8 heteroatoms. The van der Waals surface area contributed by atoms with E-state index in [9.17, 15) is 8.42 Å². The summed E-state index contributed by atoms with van der Waals surface area (Å²) >= 11 is 0. The third kappa shape index (κ3) is 4.29. The number of rotatable bonds is 6. The molecule has 0 bridgehead atoms. The Labute approximate surface area is 163 Å². The minimum Gasteiger partial charge on any atom is -0.480 e. The molecule has 0 radical (unpaired) electrons. The van der Waals surface area contributed by atoms with E-state index in [-0.39, 0.29) is 16.6 Å². The lowest BCUT2D eigenvalue weighted by molar-refractivity contribution is 0.397. The van der Waals surface area contributed by atoms with Gasteiger partial charge >= 0.3 is 0 Å². The van der Waals surface area contributed by atoms with Crippen LogP contribution in [0.25, 0.3) is 11.3 Å². The number of hydrazone groups is 1. The van der Waals surface area contributed by atoms with Gasteiger partial charge in [0.15, 0.2) is 5.84 Å². The fourth-order valence-electron chi connectivity index (χ4n) is 2.50. The first-order valence-corrected chi connectivity index (χ1v) is 9.91. The van der Waals surface area contributed by atoms with Gasteiger partial charge in [0.25, 0.3) is 10.0 Å². The van der Waals surface area contributed by atoms with E-state index in [1.165, 1.54) is 19.2 Å². The smallest absolute Gasteiger partial charge is 0.276 e. The first kappa shape index (κ1) is 19.4. The molecular weight excluding hydrogens is 376 g/mol. The Bertz CT molecular complexity index is 1100. The van der Waals surface area contributed by atoms with Gasteiger partial charge in [-0.05, 0) is 31.2 Å². The molecule has 0 saturated carbocycles. The van der Waals surface area contributed by atoms with Crippen molar-refractivity contribution in [3.8, 4) is 17.1 Å². The number of sulfonamides is 1. The van der Waals surface area contributed by atoms with Crippen LogP contribution < -0.4 is 15.3 Å². The van der Waals surface area contributed by atoms with Crippen molar-refractivity contribution in [1.82, 2.24) is 9.82 Å². The Kier molecular flexibility index (Phi) is 5.60. The number of amidine groups is 1. The largest absolute Gasteiger partial charge is 0.480 e. The number of nitrogens with one attached hydrogen (secondary N) is 1. The number of hydrogen-bond acceptors (Lipinski definition) is 5. The van der Waals surface area contributed by atoms with Crippen molar-refractivity contribution in [2.24, 2.45) is 10.8 Å². The Morgan fingerprint density at radius 2 is 1.71 bits per heavy atom. The van der Waals surface area contributed by atoms with Crippen LogP contribution in [0.4, 0.5) is 0 Å². The molecule has 28 heavy (non-hydrogen) atoms. The molecule has 3 aromatic rings. The van der Waals surface area contributed by atoms with E-state index >= 15 is 0 Å². The molecule has 0 saturated heterocycles. The van der Waals surface area contributed by atoms with Gasteiger partial charge in [-0.3, -0.25) is 0 Å². The summed E-state index contributed by atoms with van der Waals surface area (Å²) < 4.78 is 30.0. The average molecular weight is 396 g/mol. The van der Waals surface area contributed by atoms with Crippen LogP contribution in [0.5, 0.6) is 5.88 Å². The minimum absolute atomic E-state index is 0.0559. The standard InChI is InChI=1S/C20H20N4O3S/c1-14-8-10-16(11-9-14)28(25,26)24-23-19(21)17-12-13-18(22-20(17)27-2)15-6-4-3-5-7-15/h3-13,24H,1-2H3,(H2,21,23). The van der Waals surface area contributed by atoms with Gasteiger partial charge in [0, 0.05) is 5.56 Å². The summed E-state index contributed by atoms with van der Waals surface area (Å²) in [6.45, 7) is 1.87. The summed E-state index contributed by atoms with van der Waals surface area (Å²) in [7, 11) is -2.37. The number of aromatic nitrogens is 1. The summed E-state index contributed by atoms with van der Waals surface area (Å²) in [5.41, 5.74) is 8.93. The van der Waals surface area contributed by atoms with Crippen molar-refractivity contribution >= 4 is 15.9 Å². The number of ether oxygens (including phenoxy) is 1. The first-order valence-electron chi connectivity index (χ1n) is 8.43. The molecule has 0 aliphatic carbocycles. The van der Waals surface area contributed by atoms with Gasteiger partial charge in [0.1, 0.15) is 0 Å². The number of pyridine rings is 1. The van der Waals surface area contributed by atoms with E-state index in [4.69, 9.17) is 10.5 Å². The quantitative estimate of drug-likeness (QED) is 0.378. The van der Waals surface area contributed by atoms with Crippen LogP contribution in [-0.2, 0) is 10.0 Å². The number of methoxy groups -OCH3 is 1. The van der Waals surface area contributed by atoms with E-state index in [1.807, 2.05) is 37.3 Å². The van der Waals surface area contributed by atoms with Crippen molar-refractivity contribution < 1.29 is 13.2 Å². The molecule has 3 rings (SSSR count). The Morgan fingerprint density at radius 3 is 2.36 bits per heavy atom. The van der Waals surface area contributed by atoms with Gasteiger partial charge < -0.3 is 10.5 Å². The second kappa shape index (κ2) is 8.10. The van der Waals surface area contributed by atoms with Crippen molar-refractivity contribution in [1.29, 1.82) is 0 Å². The van der Waals surface area contributed by atoms with Gasteiger partial charge in [-0.2, -0.15) is 13.2 Å². The van der Waals surface area contributed by atoms with Gasteiger partial charge in [0.2, 0.25) is 5.88 Å². The Balaban J connectivity index is 1.87. The SMILES string of the molecule is COc1nc(-c2ccccc2)ccc1/C(N)=N\NS(=O)(=O)c1ccc(C)cc1. The predicted molar refractivity (Wildman–Crippen MR) is 108 cm³/mol. The maximum atomic E-state index is 12.4. The van der Waals surface area contributed by atoms with Gasteiger partial charge in [-0.25, -0.2) is 4.98 Å². The zero-order valence-electron chi connectivity index (χ0n) is 15.5. The van der Waals surface area contributed by atoms with E-state index in [2.05, 4.69) is 14.9 Å². The van der Waals surface area contributed by atoms with Crippen LogP contribution >= 0.6 is 0 Å². The second-order valence-corrected chi connectivity index (χ2v) is 7.69. The van der Waals surface area contributed by atoms with E-state index in [1.54, 1.807) is 24.3 Å². The van der Waals surface area contributed by atoms with Crippen molar-refractivity contribution in [2.75, 3.05) is 7.11 Å². The number of nitrogens with two attached hydrogens (primary N) is 1. The van der Waals surface area contributed by atoms with Gasteiger partial charge in [-0.15, -0.1) is 5.10 Å². The molecule has 3 N–H and O–H groups in total. The molecule has 0 fully saturated rings. The van der Waals surface area contributed by atoms with E-state index < -0.39 is 10.0 Å². The topological polar surface area (TPSA) is 107 Å². The summed E-state index contributed by atoms with van der Waals surface area (Å²) in [6.07, 6.45) is 0. The normalized spacial score (nSPS) is 11.9. The molecule has 1 aromatic heterocycles. The number of benzene rings is 2. The van der Waals surface area contributed by atoms with E-state index in [0.29, 0.717) is 11.3 Å². The van der Waals surface area contributed by atoms with Gasteiger partial charge in [0.05, 0.1) is 23.3 Å². The van der Waals surface area contributed by atoms with Crippen LogP contribution in [0.3, 0.4) is 0 Å². The van der Waals surface area contributed by atoms with Gasteiger partial charge in [-0.1, -0.05) is 48.0 Å². The zero-order chi connectivity index (χ0) is 20.1. The number of nitrogens with zero attached hydrogens (tertiary/aromatic N) is 2. The molecule has 7 nitrogen and oxygen atoms in total. The van der Waals surface area contributed by atoms with Crippen LogP contribution in [0.1, 0.15) is 11.1 Å². The van der Waals surface area contributed by atoms with Crippen molar-refractivity contribution in [2.45, 2.75) is 11.8 Å². The third-order valence-electron chi connectivity index (χ3n) is 4.02. The van der Waals surface area contributed by atoms with Crippen LogP contribution in [0.2, 0.25) is 0 Å². The fourth-order valence-corrected chi connectivity index (χ4v) is 3.32. The molecule has 1 heterocycles. The fraction of sp³-hybridized carbons (Fsp3) is 0.100. The molecule has 0 aliphatic rings. The molecule has 0 atom stereocenters. The maximum absolute atomic E-state index is 12.4. The molecule has 2 aromatic carbocycles. The Hall–Kier alpha value is -3.39. The lowest BCUT2D eigenvalue weighted by atomic mass is 10.1. The maximum Gasteiger partial charge on any atom is 0.276 e. The summed E-state index contributed by atoms with van der Waals surface area (Å²) in [4.78, 5) is 6.67. The number of hydrogen-bond donors (Lipinski definition) is 2. The molecular formula is C20H20N4O3S. The van der Waals surface area contributed by atoms with Crippen LogP contribution in [0.15, 0.2) is 76.7 Å². The third-order valence-corrected chi connectivity index (χ3v) is 5.24. The Morgan fingerprint density at radius 1 is 1.04 bits per heavy atom. The summed E-state index contributed by atoms with van der Waals surface area (Å²) in [6, 6.07) is 19.5. The summed E-state index contributed by atoms with van der Waals surface area (Å²) in [5.74, 6) is 0.191. The highest BCUT2D eigenvalue weighted by Crippen LogP contribution is 2.23. The highest BCUT2D eigenvalue weighted by atomic mass is 32.2. The molecule has 0 aliphatic heterocycles. The second-order valence-electron chi connectivity index (χ2n) is 6.02. The zero-order valence-corrected chi connectivity index (χ0v) is 16.3. The minimum atomic E-state index is -3.83. The predicted octanol–water partition coefficient (Wildman–Crippen LogP) is 2.66. The lowest BCUT2D eigenvalue weighted by Crippen LogP contribution is -2.24. The van der Waals surface area contributed by atoms with Crippen LogP contribution in [-0.4, -0.2) is 26.3 Å². The highest BCUT2D eigenvalue weighted by molar-refractivity contribution is 7.89. The average Bonchev–Trinajstić information content (AvgIpc) is 2.72. The molecule has 0 spiro atoms. The summed E-state index contributed by atoms with van der Waals surface area (Å²) in [5, 5.41) is 3.81. The monoisotopic (exact) mass is 396 g/mol.